The average Bonchev–Trinajstić information content (AvgIpc) is 2.70. The molecule has 0 saturated heterocycles. The summed E-state index contributed by atoms with van der Waals surface area (Å²) >= 11 is 0. The molecule has 1 aliphatic heterocycles. The third kappa shape index (κ3) is 2.99. The fraction of sp³-hybridized carbons (Fsp3) is 0.353. The Morgan fingerprint density at radius 1 is 1.05 bits per heavy atom. The molecule has 3 heteroatoms. The fourth-order valence-electron chi connectivity index (χ4n) is 2.77. The van der Waals surface area contributed by atoms with E-state index in [1.165, 1.54) is 16.8 Å². The van der Waals surface area contributed by atoms with Gasteiger partial charge in [-0.2, -0.15) is 0 Å². The molecule has 1 aromatic carbocycles. The second-order valence-electron chi connectivity index (χ2n) is 5.31. The Morgan fingerprint density at radius 2 is 1.85 bits per heavy atom. The predicted molar refractivity (Wildman–Crippen MR) is 82.9 cm³/mol. The van der Waals surface area contributed by atoms with Crippen molar-refractivity contribution in [3.63, 3.8) is 0 Å². The van der Waals surface area contributed by atoms with Crippen LogP contribution in [0.4, 0.5) is 5.82 Å². The zero-order valence-electron chi connectivity index (χ0n) is 12.0. The minimum absolute atomic E-state index is 0.972. The first-order chi connectivity index (χ1) is 9.85. The van der Waals surface area contributed by atoms with Crippen LogP contribution in [0.1, 0.15) is 16.8 Å². The van der Waals surface area contributed by atoms with Crippen LogP contribution in [0.25, 0.3) is 0 Å². The lowest BCUT2D eigenvalue weighted by molar-refractivity contribution is 0.279. The quantitative estimate of drug-likeness (QED) is 0.927. The number of pyridine rings is 1. The highest BCUT2D eigenvalue weighted by atomic mass is 15.1. The van der Waals surface area contributed by atoms with Crippen LogP contribution in [0, 0.1) is 0 Å². The Morgan fingerprint density at radius 3 is 2.65 bits per heavy atom. The van der Waals surface area contributed by atoms with E-state index >= 15 is 0 Å². The molecule has 3 nitrogen and oxygen atoms in total. The molecule has 0 bridgehead atoms. The van der Waals surface area contributed by atoms with Crippen LogP contribution in [0.5, 0.6) is 0 Å². The Bertz CT molecular complexity index is 566. The summed E-state index contributed by atoms with van der Waals surface area (Å²) in [6.07, 6.45) is 2.14. The molecule has 104 valence electrons. The first-order valence-electron chi connectivity index (χ1n) is 7.28. The third-order valence-corrected chi connectivity index (χ3v) is 3.94. The van der Waals surface area contributed by atoms with Crippen LogP contribution in [-0.4, -0.2) is 30.0 Å². The number of nitrogens with zero attached hydrogens (tertiary/aromatic N) is 2. The summed E-state index contributed by atoms with van der Waals surface area (Å²) in [7, 11) is 1.92. The molecule has 2 aromatic rings. The summed E-state index contributed by atoms with van der Waals surface area (Å²) in [4.78, 5) is 7.22. The highest BCUT2D eigenvalue weighted by molar-refractivity contribution is 5.38. The zero-order valence-corrected chi connectivity index (χ0v) is 12.0. The average molecular weight is 267 g/mol. The molecule has 1 aliphatic rings. The molecule has 1 N–H and O–H groups in total. The summed E-state index contributed by atoms with van der Waals surface area (Å²) in [5.74, 6) is 0.972. The molecule has 1 aromatic heterocycles. The summed E-state index contributed by atoms with van der Waals surface area (Å²) < 4.78 is 0. The van der Waals surface area contributed by atoms with E-state index < -0.39 is 0 Å². The van der Waals surface area contributed by atoms with E-state index in [4.69, 9.17) is 4.98 Å². The van der Waals surface area contributed by atoms with Crippen LogP contribution in [-0.2, 0) is 19.4 Å². The standard InChI is InChI=1S/C17H21N3/c1-18-17-8-7-15-9-11-20(12-10-16(15)19-17)13-14-5-3-2-4-6-14/h2-8H,9-13H2,1H3,(H,18,19). The van der Waals surface area contributed by atoms with Crippen molar-refractivity contribution in [2.45, 2.75) is 19.4 Å². The van der Waals surface area contributed by atoms with Crippen LogP contribution < -0.4 is 5.32 Å². The topological polar surface area (TPSA) is 28.2 Å². The highest BCUT2D eigenvalue weighted by Gasteiger charge is 2.15. The minimum Gasteiger partial charge on any atom is -0.373 e. The van der Waals surface area contributed by atoms with E-state index in [1.54, 1.807) is 0 Å². The van der Waals surface area contributed by atoms with Crippen molar-refractivity contribution in [3.8, 4) is 0 Å². The van der Waals surface area contributed by atoms with E-state index in [1.807, 2.05) is 7.05 Å². The molecule has 20 heavy (non-hydrogen) atoms. The van der Waals surface area contributed by atoms with E-state index in [9.17, 15) is 0 Å². The van der Waals surface area contributed by atoms with Gasteiger partial charge in [-0.15, -0.1) is 0 Å². The molecule has 0 atom stereocenters. The van der Waals surface area contributed by atoms with Crippen molar-refractivity contribution < 1.29 is 0 Å². The second kappa shape index (κ2) is 6.06. The highest BCUT2D eigenvalue weighted by Crippen LogP contribution is 2.18. The Labute approximate surface area is 120 Å². The van der Waals surface area contributed by atoms with Crippen molar-refractivity contribution in [3.05, 3.63) is 59.3 Å². The van der Waals surface area contributed by atoms with Crippen LogP contribution in [0.3, 0.4) is 0 Å². The van der Waals surface area contributed by atoms with Crippen LogP contribution >= 0.6 is 0 Å². The smallest absolute Gasteiger partial charge is 0.125 e. The number of anilines is 1. The van der Waals surface area contributed by atoms with Gasteiger partial charge in [0, 0.05) is 38.8 Å². The molecule has 3 rings (SSSR count). The third-order valence-electron chi connectivity index (χ3n) is 3.94. The molecule has 0 spiro atoms. The Balaban J connectivity index is 1.69. The summed E-state index contributed by atoms with van der Waals surface area (Å²) in [5.41, 5.74) is 4.05. The van der Waals surface area contributed by atoms with Gasteiger partial charge in [-0.05, 0) is 23.6 Å². The van der Waals surface area contributed by atoms with Gasteiger partial charge in [-0.25, -0.2) is 4.98 Å². The largest absolute Gasteiger partial charge is 0.373 e. The predicted octanol–water partition coefficient (Wildman–Crippen LogP) is 2.72. The molecular formula is C17H21N3. The Kier molecular flexibility index (Phi) is 3.97. The second-order valence-corrected chi connectivity index (χ2v) is 5.31. The van der Waals surface area contributed by atoms with Crippen molar-refractivity contribution in [2.24, 2.45) is 0 Å². The maximum Gasteiger partial charge on any atom is 0.125 e. The van der Waals surface area contributed by atoms with Gasteiger partial charge in [-0.3, -0.25) is 4.90 Å². The Hall–Kier alpha value is -1.87. The first kappa shape index (κ1) is 13.1. The summed E-state index contributed by atoms with van der Waals surface area (Å²) in [6.45, 7) is 3.23. The van der Waals surface area contributed by atoms with Gasteiger partial charge < -0.3 is 5.32 Å². The lowest BCUT2D eigenvalue weighted by atomic mass is 10.1. The van der Waals surface area contributed by atoms with Crippen LogP contribution in [0.15, 0.2) is 42.5 Å². The van der Waals surface area contributed by atoms with Crippen molar-refractivity contribution in [2.75, 3.05) is 25.5 Å². The maximum atomic E-state index is 4.70. The maximum absolute atomic E-state index is 4.70. The summed E-state index contributed by atoms with van der Waals surface area (Å²) in [5, 5.41) is 3.12. The number of nitrogens with one attached hydrogen (secondary N) is 1. The first-order valence-corrected chi connectivity index (χ1v) is 7.28. The van der Waals surface area contributed by atoms with Crippen molar-refractivity contribution >= 4 is 5.82 Å². The summed E-state index contributed by atoms with van der Waals surface area (Å²) in [6, 6.07) is 15.0. The number of benzene rings is 1. The minimum atomic E-state index is 0.972. The van der Waals surface area contributed by atoms with Gasteiger partial charge >= 0.3 is 0 Å². The SMILES string of the molecule is CNc1ccc2c(n1)CCN(Cc1ccccc1)CC2. The van der Waals surface area contributed by atoms with E-state index in [-0.39, 0.29) is 0 Å². The number of hydrogen-bond donors (Lipinski definition) is 1. The fourth-order valence-corrected chi connectivity index (χ4v) is 2.77. The number of hydrogen-bond acceptors (Lipinski definition) is 3. The number of fused-ring (bicyclic) bond motifs is 1. The number of rotatable bonds is 3. The van der Waals surface area contributed by atoms with Gasteiger partial charge in [0.2, 0.25) is 0 Å². The van der Waals surface area contributed by atoms with Gasteiger partial charge in [-0.1, -0.05) is 36.4 Å². The number of aromatic nitrogens is 1. The van der Waals surface area contributed by atoms with Crippen molar-refractivity contribution in [1.82, 2.24) is 9.88 Å². The van der Waals surface area contributed by atoms with Gasteiger partial charge in [0.05, 0.1) is 0 Å². The lowest BCUT2D eigenvalue weighted by Gasteiger charge is -2.19. The van der Waals surface area contributed by atoms with Gasteiger partial charge in [0.25, 0.3) is 0 Å². The molecular weight excluding hydrogens is 246 g/mol. The normalized spacial score (nSPS) is 15.4. The molecule has 0 fully saturated rings. The monoisotopic (exact) mass is 267 g/mol. The molecule has 0 unspecified atom stereocenters. The zero-order chi connectivity index (χ0) is 13.8. The van der Waals surface area contributed by atoms with E-state index in [2.05, 4.69) is 52.7 Å². The van der Waals surface area contributed by atoms with E-state index in [0.717, 1.165) is 38.3 Å². The van der Waals surface area contributed by atoms with Crippen molar-refractivity contribution in [1.29, 1.82) is 0 Å². The molecule has 0 aliphatic carbocycles. The van der Waals surface area contributed by atoms with E-state index in [0.29, 0.717) is 0 Å². The van der Waals surface area contributed by atoms with Gasteiger partial charge in [0.15, 0.2) is 0 Å². The molecule has 2 heterocycles. The molecule has 0 amide bonds. The molecule has 0 saturated carbocycles. The van der Waals surface area contributed by atoms with Crippen LogP contribution in [0.2, 0.25) is 0 Å². The molecule has 0 radical (unpaired) electrons. The van der Waals surface area contributed by atoms with Gasteiger partial charge in [0.1, 0.15) is 5.82 Å². The lowest BCUT2D eigenvalue weighted by Crippen LogP contribution is -2.25.